The molecular weight excluding hydrogens is 427 g/mol. The van der Waals surface area contributed by atoms with E-state index in [1.165, 1.54) is 12.1 Å². The molecule has 0 saturated heterocycles. The molecule has 0 spiro atoms. The van der Waals surface area contributed by atoms with Crippen molar-refractivity contribution in [1.29, 1.82) is 0 Å². The fourth-order valence-electron chi connectivity index (χ4n) is 3.27. The first kappa shape index (κ1) is 21.8. The molecule has 1 N–H and O–H groups in total. The van der Waals surface area contributed by atoms with Crippen LogP contribution in [0.25, 0.3) is 0 Å². The molecule has 0 aliphatic heterocycles. The summed E-state index contributed by atoms with van der Waals surface area (Å²) in [5.41, 5.74) is 2.41. The van der Waals surface area contributed by atoms with E-state index in [9.17, 15) is 14.9 Å². The summed E-state index contributed by atoms with van der Waals surface area (Å²) in [7, 11) is 1.78. The van der Waals surface area contributed by atoms with Crippen molar-refractivity contribution >= 4 is 34.8 Å². The lowest BCUT2D eigenvalue weighted by Gasteiger charge is -2.22. The molecule has 2 aromatic carbocycles. The van der Waals surface area contributed by atoms with Gasteiger partial charge in [-0.2, -0.15) is 0 Å². The molecule has 0 radical (unpaired) electrons. The third kappa shape index (κ3) is 4.47. The molecule has 3 rings (SSSR count). The number of hydrogen-bond donors (Lipinski definition) is 1. The molecule has 0 aliphatic rings. The molecule has 156 valence electrons. The Morgan fingerprint density at radius 1 is 1.17 bits per heavy atom. The van der Waals surface area contributed by atoms with E-state index >= 15 is 0 Å². The molecule has 0 aliphatic carbocycles. The Labute approximate surface area is 183 Å². The predicted octanol–water partition coefficient (Wildman–Crippen LogP) is 5.08. The first-order chi connectivity index (χ1) is 14.2. The minimum absolute atomic E-state index is 0.0241. The zero-order valence-electron chi connectivity index (χ0n) is 16.6. The lowest BCUT2D eigenvalue weighted by molar-refractivity contribution is -0.384. The quantitative estimate of drug-likeness (QED) is 0.420. The van der Waals surface area contributed by atoms with E-state index in [4.69, 9.17) is 23.2 Å². The number of aromatic amines is 1. The summed E-state index contributed by atoms with van der Waals surface area (Å²) >= 11 is 12.7. The Morgan fingerprint density at radius 3 is 2.33 bits per heavy atom. The SMILES string of the molecule is Cc1c(C(C)c2c(Cl)cccc2Cl)nc(N(C)Cc2ccc([N+](=O)[O-])cc2)[nH]c1=O. The van der Waals surface area contributed by atoms with Crippen molar-refractivity contribution in [3.8, 4) is 0 Å². The number of nitro groups is 1. The number of nitrogens with one attached hydrogen (secondary N) is 1. The summed E-state index contributed by atoms with van der Waals surface area (Å²) in [5, 5.41) is 11.8. The van der Waals surface area contributed by atoms with Crippen LogP contribution in [0.4, 0.5) is 11.6 Å². The summed E-state index contributed by atoms with van der Waals surface area (Å²) in [4.78, 5) is 32.2. The van der Waals surface area contributed by atoms with E-state index in [0.717, 1.165) is 5.56 Å². The summed E-state index contributed by atoms with van der Waals surface area (Å²) in [5.74, 6) is 0.0917. The van der Waals surface area contributed by atoms with Gasteiger partial charge in [0.2, 0.25) is 5.95 Å². The Balaban J connectivity index is 1.94. The highest BCUT2D eigenvalue weighted by atomic mass is 35.5. The van der Waals surface area contributed by atoms with Crippen LogP contribution in [0.15, 0.2) is 47.3 Å². The van der Waals surface area contributed by atoms with Crippen molar-refractivity contribution in [2.75, 3.05) is 11.9 Å². The first-order valence-electron chi connectivity index (χ1n) is 9.18. The van der Waals surface area contributed by atoms with Gasteiger partial charge in [-0.25, -0.2) is 4.98 Å². The molecule has 1 atom stereocenters. The second-order valence-corrected chi connectivity index (χ2v) is 7.85. The minimum Gasteiger partial charge on any atom is -0.341 e. The maximum atomic E-state index is 12.6. The smallest absolute Gasteiger partial charge is 0.269 e. The zero-order valence-corrected chi connectivity index (χ0v) is 18.2. The number of H-pyrrole nitrogens is 1. The van der Waals surface area contributed by atoms with Gasteiger partial charge in [0.15, 0.2) is 0 Å². The van der Waals surface area contributed by atoms with Crippen LogP contribution >= 0.6 is 23.2 Å². The van der Waals surface area contributed by atoms with Crippen LogP contribution in [0.2, 0.25) is 10.0 Å². The van der Waals surface area contributed by atoms with E-state index in [1.54, 1.807) is 49.2 Å². The number of nitro benzene ring substituents is 1. The zero-order chi connectivity index (χ0) is 22.0. The van der Waals surface area contributed by atoms with Crippen molar-refractivity contribution < 1.29 is 4.92 Å². The van der Waals surface area contributed by atoms with Crippen molar-refractivity contribution in [1.82, 2.24) is 9.97 Å². The van der Waals surface area contributed by atoms with Gasteiger partial charge < -0.3 is 4.90 Å². The van der Waals surface area contributed by atoms with Gasteiger partial charge in [0, 0.05) is 47.3 Å². The minimum atomic E-state index is -0.444. The summed E-state index contributed by atoms with van der Waals surface area (Å²) in [6.45, 7) is 4.02. The average Bonchev–Trinajstić information content (AvgIpc) is 2.70. The van der Waals surface area contributed by atoms with Gasteiger partial charge >= 0.3 is 0 Å². The van der Waals surface area contributed by atoms with Gasteiger partial charge in [0.1, 0.15) is 0 Å². The van der Waals surface area contributed by atoms with Crippen LogP contribution in [0, 0.1) is 17.0 Å². The van der Waals surface area contributed by atoms with Gasteiger partial charge in [0.05, 0.1) is 10.6 Å². The Morgan fingerprint density at radius 2 is 1.77 bits per heavy atom. The molecule has 1 aromatic heterocycles. The van der Waals surface area contributed by atoms with E-state index in [-0.39, 0.29) is 17.2 Å². The molecule has 30 heavy (non-hydrogen) atoms. The molecule has 3 aromatic rings. The van der Waals surface area contributed by atoms with E-state index in [2.05, 4.69) is 9.97 Å². The third-order valence-electron chi connectivity index (χ3n) is 4.95. The average molecular weight is 447 g/mol. The largest absolute Gasteiger partial charge is 0.341 e. The Bertz CT molecular complexity index is 1130. The molecule has 1 unspecified atom stereocenters. The maximum Gasteiger partial charge on any atom is 0.269 e. The van der Waals surface area contributed by atoms with Gasteiger partial charge in [-0.3, -0.25) is 19.9 Å². The van der Waals surface area contributed by atoms with Crippen LogP contribution in [0.3, 0.4) is 0 Å². The number of non-ortho nitro benzene ring substituents is 1. The lowest BCUT2D eigenvalue weighted by atomic mass is 9.95. The Hall–Kier alpha value is -2.90. The standard InChI is InChI=1S/C21H20Cl2N4O3/c1-12(18-16(22)5-4-6-17(18)23)19-13(2)20(28)25-21(24-19)26(3)11-14-7-9-15(10-8-14)27(29)30/h4-10,12H,11H2,1-3H3,(H,24,25,28). The molecule has 9 heteroatoms. The second-order valence-electron chi connectivity index (χ2n) is 7.04. The number of anilines is 1. The molecule has 0 bridgehead atoms. The van der Waals surface area contributed by atoms with Crippen LogP contribution in [-0.4, -0.2) is 21.9 Å². The number of hydrogen-bond acceptors (Lipinski definition) is 5. The van der Waals surface area contributed by atoms with Crippen molar-refractivity contribution in [2.45, 2.75) is 26.3 Å². The third-order valence-corrected chi connectivity index (χ3v) is 5.61. The number of halogens is 2. The van der Waals surface area contributed by atoms with Gasteiger partial charge in [-0.1, -0.05) is 48.3 Å². The summed E-state index contributed by atoms with van der Waals surface area (Å²) in [6.07, 6.45) is 0. The lowest BCUT2D eigenvalue weighted by Crippen LogP contribution is -2.26. The van der Waals surface area contributed by atoms with E-state index in [0.29, 0.717) is 39.4 Å². The van der Waals surface area contributed by atoms with Crippen LogP contribution in [0.5, 0.6) is 0 Å². The van der Waals surface area contributed by atoms with Gasteiger partial charge in [-0.05, 0) is 30.2 Å². The van der Waals surface area contributed by atoms with E-state index in [1.807, 2.05) is 6.92 Å². The first-order valence-corrected chi connectivity index (χ1v) is 9.93. The van der Waals surface area contributed by atoms with Crippen molar-refractivity contribution in [3.63, 3.8) is 0 Å². The highest BCUT2D eigenvalue weighted by Gasteiger charge is 2.21. The molecule has 0 saturated carbocycles. The van der Waals surface area contributed by atoms with Crippen molar-refractivity contribution in [3.05, 3.63) is 95.4 Å². The molecule has 0 fully saturated rings. The maximum absolute atomic E-state index is 12.6. The van der Waals surface area contributed by atoms with Crippen LogP contribution in [0.1, 0.15) is 35.2 Å². The second kappa shape index (κ2) is 8.85. The molecular formula is C21H20Cl2N4O3. The summed E-state index contributed by atoms with van der Waals surface area (Å²) in [6, 6.07) is 11.5. The van der Waals surface area contributed by atoms with Crippen LogP contribution < -0.4 is 10.5 Å². The topological polar surface area (TPSA) is 92.1 Å². The summed E-state index contributed by atoms with van der Waals surface area (Å²) < 4.78 is 0. The molecule has 7 nitrogen and oxygen atoms in total. The molecule has 1 heterocycles. The number of aromatic nitrogens is 2. The highest BCUT2D eigenvalue weighted by molar-refractivity contribution is 6.36. The van der Waals surface area contributed by atoms with Crippen LogP contribution in [-0.2, 0) is 6.54 Å². The van der Waals surface area contributed by atoms with Gasteiger partial charge in [0.25, 0.3) is 11.2 Å². The fourth-order valence-corrected chi connectivity index (χ4v) is 4.00. The monoisotopic (exact) mass is 446 g/mol. The number of benzene rings is 2. The van der Waals surface area contributed by atoms with E-state index < -0.39 is 4.92 Å². The van der Waals surface area contributed by atoms with Crippen molar-refractivity contribution in [2.24, 2.45) is 0 Å². The normalized spacial score (nSPS) is 11.9. The highest BCUT2D eigenvalue weighted by Crippen LogP contribution is 2.35. The number of rotatable bonds is 6. The van der Waals surface area contributed by atoms with Gasteiger partial charge in [-0.15, -0.1) is 0 Å². The number of nitrogens with zero attached hydrogens (tertiary/aromatic N) is 3. The molecule has 0 amide bonds. The predicted molar refractivity (Wildman–Crippen MR) is 119 cm³/mol. The fraction of sp³-hybridized carbons (Fsp3) is 0.238. The Kier molecular flexibility index (Phi) is 6.43.